The topological polar surface area (TPSA) is 30.9 Å². The van der Waals surface area contributed by atoms with Crippen LogP contribution >= 0.6 is 11.6 Å². The lowest BCUT2D eigenvalue weighted by Gasteiger charge is -2.39. The molecular formula is C8H16ClNO3Si. The van der Waals surface area contributed by atoms with Gasteiger partial charge >= 0.3 is 8.80 Å². The van der Waals surface area contributed by atoms with Crippen molar-refractivity contribution in [2.24, 2.45) is 0 Å². The van der Waals surface area contributed by atoms with Crippen LogP contribution in [0.25, 0.3) is 0 Å². The fourth-order valence-corrected chi connectivity index (χ4v) is 4.39. The third kappa shape index (κ3) is 2.13. The van der Waals surface area contributed by atoms with Gasteiger partial charge in [-0.3, -0.25) is 4.90 Å². The van der Waals surface area contributed by atoms with E-state index in [-0.39, 0.29) is 5.00 Å². The SMILES string of the molecule is CC(Cl)[Si]12OCCN(CCO1)CCO2. The fraction of sp³-hybridized carbons (Fsp3) is 1.00. The van der Waals surface area contributed by atoms with Gasteiger partial charge in [0.25, 0.3) is 0 Å². The molecule has 0 aromatic carbocycles. The molecule has 82 valence electrons. The van der Waals surface area contributed by atoms with Crippen molar-refractivity contribution in [3.05, 3.63) is 0 Å². The van der Waals surface area contributed by atoms with Crippen LogP contribution in [0.1, 0.15) is 6.92 Å². The highest BCUT2D eigenvalue weighted by Gasteiger charge is 2.48. The maximum absolute atomic E-state index is 6.11. The summed E-state index contributed by atoms with van der Waals surface area (Å²) in [4.78, 5) is 2.29. The van der Waals surface area contributed by atoms with E-state index in [0.717, 1.165) is 19.6 Å². The lowest BCUT2D eigenvalue weighted by atomic mass is 10.4. The molecule has 0 aromatic rings. The molecule has 6 heteroatoms. The van der Waals surface area contributed by atoms with Gasteiger partial charge in [-0.2, -0.15) is 0 Å². The number of fused-ring (bicyclic) bond motifs is 6. The van der Waals surface area contributed by atoms with Crippen LogP contribution in [0.15, 0.2) is 0 Å². The summed E-state index contributed by atoms with van der Waals surface area (Å²) in [5, 5.41) is -0.160. The van der Waals surface area contributed by atoms with E-state index >= 15 is 0 Å². The summed E-state index contributed by atoms with van der Waals surface area (Å²) in [6, 6.07) is 0. The molecule has 3 saturated heterocycles. The van der Waals surface area contributed by atoms with Crippen molar-refractivity contribution in [2.75, 3.05) is 39.5 Å². The Hall–Kier alpha value is 0.347. The summed E-state index contributed by atoms with van der Waals surface area (Å²) in [6.45, 7) is 6.80. The number of hydrogen-bond donors (Lipinski definition) is 0. The van der Waals surface area contributed by atoms with Gasteiger partial charge in [-0.15, -0.1) is 11.6 Å². The Balaban J connectivity index is 2.12. The van der Waals surface area contributed by atoms with Gasteiger partial charge < -0.3 is 13.3 Å². The molecule has 0 N–H and O–H groups in total. The molecule has 0 aliphatic carbocycles. The van der Waals surface area contributed by atoms with E-state index in [4.69, 9.17) is 24.9 Å². The molecular weight excluding hydrogens is 222 g/mol. The monoisotopic (exact) mass is 237 g/mol. The smallest absolute Gasteiger partial charge is 0.371 e. The molecule has 0 spiro atoms. The second-order valence-electron chi connectivity index (χ2n) is 3.61. The molecule has 0 radical (unpaired) electrons. The highest BCUT2D eigenvalue weighted by atomic mass is 35.5. The van der Waals surface area contributed by atoms with Crippen molar-refractivity contribution in [3.8, 4) is 0 Å². The number of nitrogens with zero attached hydrogens (tertiary/aromatic N) is 1. The highest BCUT2D eigenvalue weighted by molar-refractivity contribution is 6.71. The van der Waals surface area contributed by atoms with Crippen molar-refractivity contribution in [1.29, 1.82) is 0 Å². The summed E-state index contributed by atoms with van der Waals surface area (Å²) in [5.74, 6) is 0. The maximum Gasteiger partial charge on any atom is 0.519 e. The third-order valence-corrected chi connectivity index (χ3v) is 6.22. The minimum absolute atomic E-state index is 0.160. The van der Waals surface area contributed by atoms with Crippen LogP contribution < -0.4 is 0 Å². The van der Waals surface area contributed by atoms with Crippen molar-refractivity contribution in [1.82, 2.24) is 4.90 Å². The molecule has 3 heterocycles. The van der Waals surface area contributed by atoms with Crippen LogP contribution in [0.4, 0.5) is 0 Å². The summed E-state index contributed by atoms with van der Waals surface area (Å²) < 4.78 is 17.2. The molecule has 3 rings (SSSR count). The number of halogens is 1. The Bertz CT molecular complexity index is 178. The van der Waals surface area contributed by atoms with Crippen LogP contribution in [-0.2, 0) is 13.3 Å². The van der Waals surface area contributed by atoms with Gasteiger partial charge in [-0.25, -0.2) is 0 Å². The van der Waals surface area contributed by atoms with E-state index in [1.165, 1.54) is 0 Å². The van der Waals surface area contributed by atoms with Crippen LogP contribution in [0.2, 0.25) is 0 Å². The second-order valence-corrected chi connectivity index (χ2v) is 7.57. The summed E-state index contributed by atoms with van der Waals surface area (Å²) >= 11 is 6.11. The Morgan fingerprint density at radius 3 is 1.86 bits per heavy atom. The second kappa shape index (κ2) is 4.47. The zero-order valence-corrected chi connectivity index (χ0v) is 10.1. The first-order valence-electron chi connectivity index (χ1n) is 5.01. The number of rotatable bonds is 1. The molecule has 14 heavy (non-hydrogen) atoms. The fourth-order valence-electron chi connectivity index (χ4n) is 1.76. The van der Waals surface area contributed by atoms with Gasteiger partial charge in [0.05, 0.1) is 19.8 Å². The molecule has 0 aromatic heterocycles. The predicted octanol–water partition coefficient (Wildman–Crippen LogP) is 0.471. The van der Waals surface area contributed by atoms with E-state index in [1.54, 1.807) is 0 Å². The highest BCUT2D eigenvalue weighted by Crippen LogP contribution is 2.22. The molecule has 4 nitrogen and oxygen atoms in total. The summed E-state index contributed by atoms with van der Waals surface area (Å²) in [7, 11) is -2.57. The Labute approximate surface area is 90.4 Å². The van der Waals surface area contributed by atoms with E-state index in [1.807, 2.05) is 6.92 Å². The van der Waals surface area contributed by atoms with Crippen LogP contribution in [0, 0.1) is 0 Å². The van der Waals surface area contributed by atoms with Crippen molar-refractivity contribution < 1.29 is 13.3 Å². The third-order valence-electron chi connectivity index (χ3n) is 2.62. The van der Waals surface area contributed by atoms with Gasteiger partial charge in [0, 0.05) is 19.6 Å². The number of hydrogen-bond acceptors (Lipinski definition) is 4. The quantitative estimate of drug-likeness (QED) is 0.490. The summed E-state index contributed by atoms with van der Waals surface area (Å²) in [5.41, 5.74) is 0. The average molecular weight is 238 g/mol. The minimum atomic E-state index is -2.57. The first-order valence-corrected chi connectivity index (χ1v) is 7.25. The van der Waals surface area contributed by atoms with Gasteiger partial charge in [-0.1, -0.05) is 0 Å². The van der Waals surface area contributed by atoms with E-state index in [2.05, 4.69) is 4.90 Å². The first kappa shape index (κ1) is 10.9. The van der Waals surface area contributed by atoms with Crippen molar-refractivity contribution in [2.45, 2.75) is 11.9 Å². The van der Waals surface area contributed by atoms with Crippen LogP contribution in [0.3, 0.4) is 0 Å². The maximum atomic E-state index is 6.11. The van der Waals surface area contributed by atoms with Crippen LogP contribution in [0.5, 0.6) is 0 Å². The van der Waals surface area contributed by atoms with Gasteiger partial charge in [0.15, 0.2) is 0 Å². The molecule has 1 atom stereocenters. The lowest BCUT2D eigenvalue weighted by molar-refractivity contribution is -0.00905. The van der Waals surface area contributed by atoms with Gasteiger partial charge in [-0.05, 0) is 6.92 Å². The predicted molar refractivity (Wildman–Crippen MR) is 55.4 cm³/mol. The van der Waals surface area contributed by atoms with E-state index < -0.39 is 8.80 Å². The van der Waals surface area contributed by atoms with Gasteiger partial charge in [0.2, 0.25) is 0 Å². The summed E-state index contributed by atoms with van der Waals surface area (Å²) in [6.07, 6.45) is 0. The minimum Gasteiger partial charge on any atom is -0.371 e. The largest absolute Gasteiger partial charge is 0.519 e. The van der Waals surface area contributed by atoms with Crippen molar-refractivity contribution in [3.63, 3.8) is 0 Å². The van der Waals surface area contributed by atoms with E-state index in [9.17, 15) is 0 Å². The van der Waals surface area contributed by atoms with Crippen molar-refractivity contribution >= 4 is 20.4 Å². The molecule has 1 unspecified atom stereocenters. The lowest BCUT2D eigenvalue weighted by Crippen LogP contribution is -2.59. The zero-order chi connectivity index (χ0) is 10.0. The molecule has 3 fully saturated rings. The Morgan fingerprint density at radius 1 is 1.07 bits per heavy atom. The molecule has 3 aliphatic rings. The standard InChI is InChI=1S/C8H16ClNO3Si/c1-8(9)14-11-5-2-10(3-6-12-14)4-7-13-14/h8H,2-7H2,1H3. The normalized spacial score (nSPS) is 41.1. The zero-order valence-electron chi connectivity index (χ0n) is 8.37. The molecule has 2 bridgehead atoms. The average Bonchev–Trinajstić information content (AvgIpc) is 1.99. The Kier molecular flexibility index (Phi) is 3.46. The Morgan fingerprint density at radius 2 is 1.50 bits per heavy atom. The molecule has 0 amide bonds. The first-order chi connectivity index (χ1) is 6.73. The molecule has 0 saturated carbocycles. The molecule has 3 aliphatic heterocycles. The van der Waals surface area contributed by atoms with Gasteiger partial charge in [0.1, 0.15) is 5.00 Å². The van der Waals surface area contributed by atoms with E-state index in [0.29, 0.717) is 19.8 Å². The number of alkyl halides is 1. The van der Waals surface area contributed by atoms with Crippen LogP contribution in [-0.4, -0.2) is 58.2 Å².